The SMILES string of the molecule is COC(=O)C(C)(C)OP(=O)(O)O. The maximum Gasteiger partial charge on any atom is 0.470 e. The largest absolute Gasteiger partial charge is 0.470 e. The van der Waals surface area contributed by atoms with Gasteiger partial charge in [0.05, 0.1) is 7.11 Å². The minimum Gasteiger partial charge on any atom is -0.467 e. The number of ether oxygens (including phenoxy) is 1. The van der Waals surface area contributed by atoms with E-state index in [2.05, 4.69) is 9.26 Å². The second-order valence-electron chi connectivity index (χ2n) is 2.58. The molecule has 7 heteroatoms. The first kappa shape index (κ1) is 11.6. The van der Waals surface area contributed by atoms with Crippen LogP contribution in [0.4, 0.5) is 0 Å². The predicted octanol–water partition coefficient (Wildman–Crippen LogP) is 0.0473. The molecule has 0 heterocycles. The van der Waals surface area contributed by atoms with E-state index in [0.717, 1.165) is 7.11 Å². The third-order valence-corrected chi connectivity index (χ3v) is 1.72. The normalized spacial score (nSPS) is 12.8. The molecular formula is C5H11O6P. The number of carbonyl (C=O) groups is 1. The van der Waals surface area contributed by atoms with Gasteiger partial charge in [0.1, 0.15) is 0 Å². The van der Waals surface area contributed by atoms with Crippen molar-refractivity contribution in [1.29, 1.82) is 0 Å². The Bertz CT molecular complexity index is 216. The van der Waals surface area contributed by atoms with Crippen molar-refractivity contribution in [2.75, 3.05) is 7.11 Å². The lowest BCUT2D eigenvalue weighted by Crippen LogP contribution is -2.34. The van der Waals surface area contributed by atoms with E-state index in [4.69, 9.17) is 9.79 Å². The third kappa shape index (κ3) is 3.82. The molecule has 0 aromatic rings. The zero-order valence-corrected chi connectivity index (χ0v) is 7.87. The van der Waals surface area contributed by atoms with E-state index in [1.165, 1.54) is 13.8 Å². The van der Waals surface area contributed by atoms with Gasteiger partial charge in [0.2, 0.25) is 0 Å². The number of methoxy groups -OCH3 is 1. The second-order valence-corrected chi connectivity index (χ2v) is 3.75. The van der Waals surface area contributed by atoms with Crippen molar-refractivity contribution in [2.24, 2.45) is 0 Å². The lowest BCUT2D eigenvalue weighted by molar-refractivity contribution is -0.157. The van der Waals surface area contributed by atoms with Gasteiger partial charge in [0.25, 0.3) is 0 Å². The number of hydrogen-bond donors (Lipinski definition) is 2. The van der Waals surface area contributed by atoms with Crippen LogP contribution in [0, 0.1) is 0 Å². The van der Waals surface area contributed by atoms with Crippen LogP contribution in [0.25, 0.3) is 0 Å². The molecule has 0 radical (unpaired) electrons. The van der Waals surface area contributed by atoms with Crippen molar-refractivity contribution in [1.82, 2.24) is 0 Å². The van der Waals surface area contributed by atoms with Crippen LogP contribution < -0.4 is 0 Å². The molecule has 0 saturated carbocycles. The number of rotatable bonds is 3. The Kier molecular flexibility index (Phi) is 3.41. The summed E-state index contributed by atoms with van der Waals surface area (Å²) in [5, 5.41) is 0. The molecule has 0 bridgehead atoms. The average Bonchev–Trinajstić information content (AvgIpc) is 1.80. The molecule has 0 saturated heterocycles. The van der Waals surface area contributed by atoms with E-state index in [1.807, 2.05) is 0 Å². The van der Waals surface area contributed by atoms with Crippen LogP contribution in [0.3, 0.4) is 0 Å². The Balaban J connectivity index is 4.43. The highest BCUT2D eigenvalue weighted by Crippen LogP contribution is 2.41. The van der Waals surface area contributed by atoms with Gasteiger partial charge in [-0.2, -0.15) is 0 Å². The van der Waals surface area contributed by atoms with Gasteiger partial charge in [0, 0.05) is 0 Å². The third-order valence-electron chi connectivity index (χ3n) is 1.02. The second kappa shape index (κ2) is 3.53. The maximum atomic E-state index is 10.8. The fourth-order valence-electron chi connectivity index (χ4n) is 0.580. The monoisotopic (exact) mass is 198 g/mol. The van der Waals surface area contributed by atoms with Gasteiger partial charge in [0.15, 0.2) is 5.60 Å². The number of phosphoric acid groups is 1. The highest BCUT2D eigenvalue weighted by Gasteiger charge is 2.36. The van der Waals surface area contributed by atoms with Gasteiger partial charge in [-0.1, -0.05) is 0 Å². The summed E-state index contributed by atoms with van der Waals surface area (Å²) in [5.41, 5.74) is -1.63. The van der Waals surface area contributed by atoms with Gasteiger partial charge in [-0.15, -0.1) is 0 Å². The number of phosphoric ester groups is 1. The first-order valence-corrected chi connectivity index (χ1v) is 4.57. The van der Waals surface area contributed by atoms with E-state index in [9.17, 15) is 9.36 Å². The Morgan fingerprint density at radius 2 is 1.83 bits per heavy atom. The molecule has 6 nitrogen and oxygen atoms in total. The van der Waals surface area contributed by atoms with Crippen molar-refractivity contribution in [3.8, 4) is 0 Å². The smallest absolute Gasteiger partial charge is 0.467 e. The highest BCUT2D eigenvalue weighted by molar-refractivity contribution is 7.46. The van der Waals surface area contributed by atoms with Crippen LogP contribution in [0.2, 0.25) is 0 Å². The molecular weight excluding hydrogens is 187 g/mol. The Labute approximate surface area is 69.7 Å². The molecule has 0 amide bonds. The van der Waals surface area contributed by atoms with E-state index in [0.29, 0.717) is 0 Å². The quantitative estimate of drug-likeness (QED) is 0.491. The molecule has 72 valence electrons. The summed E-state index contributed by atoms with van der Waals surface area (Å²) in [6.07, 6.45) is 0. The summed E-state index contributed by atoms with van der Waals surface area (Å²) in [4.78, 5) is 27.6. The highest BCUT2D eigenvalue weighted by atomic mass is 31.2. The molecule has 0 aliphatic carbocycles. The minimum atomic E-state index is -4.66. The van der Waals surface area contributed by atoms with E-state index in [-0.39, 0.29) is 0 Å². The van der Waals surface area contributed by atoms with Crippen LogP contribution >= 0.6 is 7.82 Å². The number of esters is 1. The fourth-order valence-corrected chi connectivity index (χ4v) is 1.25. The topological polar surface area (TPSA) is 93.1 Å². The molecule has 0 fully saturated rings. The van der Waals surface area contributed by atoms with Crippen molar-refractivity contribution in [3.63, 3.8) is 0 Å². The van der Waals surface area contributed by atoms with Crippen LogP contribution in [0.5, 0.6) is 0 Å². The van der Waals surface area contributed by atoms with Crippen LogP contribution in [0.15, 0.2) is 0 Å². The van der Waals surface area contributed by atoms with E-state index in [1.54, 1.807) is 0 Å². The first-order chi connectivity index (χ1) is 5.19. The molecule has 0 aromatic carbocycles. The Hall–Kier alpha value is -0.420. The number of hydrogen-bond acceptors (Lipinski definition) is 4. The molecule has 0 spiro atoms. The van der Waals surface area contributed by atoms with E-state index >= 15 is 0 Å². The van der Waals surface area contributed by atoms with Crippen molar-refractivity contribution in [2.45, 2.75) is 19.4 Å². The number of carbonyl (C=O) groups excluding carboxylic acids is 1. The Morgan fingerprint density at radius 3 is 2.08 bits per heavy atom. The molecule has 0 aromatic heterocycles. The summed E-state index contributed by atoms with van der Waals surface area (Å²) in [6, 6.07) is 0. The average molecular weight is 198 g/mol. The van der Waals surface area contributed by atoms with Gasteiger partial charge in [-0.25, -0.2) is 9.36 Å². The maximum absolute atomic E-state index is 10.8. The molecule has 0 aliphatic rings. The lowest BCUT2D eigenvalue weighted by Gasteiger charge is -2.21. The minimum absolute atomic E-state index is 0.842. The zero-order chi connectivity index (χ0) is 9.99. The van der Waals surface area contributed by atoms with Crippen molar-refractivity contribution >= 4 is 13.8 Å². The molecule has 0 aliphatic heterocycles. The molecule has 0 rings (SSSR count). The molecule has 0 unspecified atom stereocenters. The van der Waals surface area contributed by atoms with Crippen molar-refractivity contribution < 1.29 is 28.4 Å². The van der Waals surface area contributed by atoms with Crippen LogP contribution in [-0.4, -0.2) is 28.5 Å². The first-order valence-electron chi connectivity index (χ1n) is 3.04. The summed E-state index contributed by atoms with van der Waals surface area (Å²) < 4.78 is 18.8. The predicted molar refractivity (Wildman–Crippen MR) is 39.2 cm³/mol. The summed E-state index contributed by atoms with van der Waals surface area (Å²) in [6.45, 7) is 2.41. The van der Waals surface area contributed by atoms with Crippen LogP contribution in [-0.2, 0) is 18.6 Å². The molecule has 0 atom stereocenters. The summed E-state index contributed by atoms with van der Waals surface area (Å²) in [7, 11) is -3.55. The van der Waals surface area contributed by atoms with E-state index < -0.39 is 19.4 Å². The van der Waals surface area contributed by atoms with Gasteiger partial charge < -0.3 is 14.5 Å². The van der Waals surface area contributed by atoms with Gasteiger partial charge in [-0.3, -0.25) is 4.52 Å². The Morgan fingerprint density at radius 1 is 1.42 bits per heavy atom. The molecule has 12 heavy (non-hydrogen) atoms. The van der Waals surface area contributed by atoms with Gasteiger partial charge >= 0.3 is 13.8 Å². The summed E-state index contributed by atoms with van der Waals surface area (Å²) in [5.74, 6) is -0.842. The molecule has 2 N–H and O–H groups in total. The standard InChI is InChI=1S/C5H11O6P/c1-5(2,4(6)10-3)11-12(7,8)9/h1-3H3,(H2,7,8,9). The fraction of sp³-hybridized carbons (Fsp3) is 0.800. The van der Waals surface area contributed by atoms with Crippen molar-refractivity contribution in [3.05, 3.63) is 0 Å². The summed E-state index contributed by atoms with van der Waals surface area (Å²) >= 11 is 0. The van der Waals surface area contributed by atoms with Crippen LogP contribution in [0.1, 0.15) is 13.8 Å². The van der Waals surface area contributed by atoms with Gasteiger partial charge in [-0.05, 0) is 13.8 Å². The zero-order valence-electron chi connectivity index (χ0n) is 6.97. The lowest BCUT2D eigenvalue weighted by atomic mass is 10.1.